The highest BCUT2D eigenvalue weighted by molar-refractivity contribution is 6.31. The van der Waals surface area contributed by atoms with Crippen molar-refractivity contribution in [3.05, 3.63) is 34.9 Å². The molecule has 21 heavy (non-hydrogen) atoms. The first-order valence-corrected chi connectivity index (χ1v) is 7.90. The van der Waals surface area contributed by atoms with Gasteiger partial charge in [-0.3, -0.25) is 0 Å². The van der Waals surface area contributed by atoms with Gasteiger partial charge in [0.1, 0.15) is 0 Å². The number of hydrogen-bond donors (Lipinski definition) is 1. The molecule has 1 atom stereocenters. The third-order valence-corrected chi connectivity index (χ3v) is 3.56. The van der Waals surface area contributed by atoms with Crippen LogP contribution in [0.2, 0.25) is 5.02 Å². The van der Waals surface area contributed by atoms with Gasteiger partial charge in [0.15, 0.2) is 0 Å². The maximum absolute atomic E-state index is 6.33. The minimum Gasteiger partial charge on any atom is -0.383 e. The predicted molar refractivity (Wildman–Crippen MR) is 89.3 cm³/mol. The van der Waals surface area contributed by atoms with E-state index in [1.165, 1.54) is 5.56 Å². The van der Waals surface area contributed by atoms with Crippen LogP contribution in [0.15, 0.2) is 24.3 Å². The first kappa shape index (κ1) is 18.4. The summed E-state index contributed by atoms with van der Waals surface area (Å²) in [5.41, 5.74) is 1.08. The Hall–Kier alpha value is -0.610. The van der Waals surface area contributed by atoms with E-state index in [-0.39, 0.29) is 5.60 Å². The number of nitrogens with one attached hydrogen (secondary N) is 1. The van der Waals surface area contributed by atoms with Gasteiger partial charge in [-0.1, -0.05) is 29.8 Å². The molecule has 1 aromatic carbocycles. The van der Waals surface area contributed by atoms with Crippen molar-refractivity contribution < 1.29 is 9.47 Å². The van der Waals surface area contributed by atoms with Crippen LogP contribution < -0.4 is 5.32 Å². The molecule has 0 saturated heterocycles. The van der Waals surface area contributed by atoms with Crippen molar-refractivity contribution in [3.63, 3.8) is 0 Å². The second-order valence-corrected chi connectivity index (χ2v) is 6.57. The SMILES string of the molecule is COCCNCC(CCOC(C)(C)C)c1ccccc1Cl. The van der Waals surface area contributed by atoms with Crippen LogP contribution >= 0.6 is 11.6 Å². The van der Waals surface area contributed by atoms with Crippen LogP contribution in [0.5, 0.6) is 0 Å². The van der Waals surface area contributed by atoms with Gasteiger partial charge in [-0.05, 0) is 44.7 Å². The second kappa shape index (κ2) is 9.42. The fourth-order valence-corrected chi connectivity index (χ4v) is 2.42. The van der Waals surface area contributed by atoms with Crippen LogP contribution in [0.3, 0.4) is 0 Å². The van der Waals surface area contributed by atoms with Gasteiger partial charge in [0.05, 0.1) is 12.2 Å². The summed E-state index contributed by atoms with van der Waals surface area (Å²) >= 11 is 6.33. The molecule has 0 spiro atoms. The van der Waals surface area contributed by atoms with Gasteiger partial charge in [-0.15, -0.1) is 0 Å². The highest BCUT2D eigenvalue weighted by Gasteiger charge is 2.16. The van der Waals surface area contributed by atoms with Gasteiger partial charge >= 0.3 is 0 Å². The molecule has 0 fully saturated rings. The van der Waals surface area contributed by atoms with Crippen molar-refractivity contribution in [3.8, 4) is 0 Å². The summed E-state index contributed by atoms with van der Waals surface area (Å²) in [5, 5.41) is 4.25. The van der Waals surface area contributed by atoms with Crippen molar-refractivity contribution >= 4 is 11.6 Å². The van der Waals surface area contributed by atoms with Crippen LogP contribution in [-0.2, 0) is 9.47 Å². The molecule has 4 heteroatoms. The Morgan fingerprint density at radius 2 is 1.90 bits per heavy atom. The Morgan fingerprint density at radius 3 is 2.52 bits per heavy atom. The molecule has 1 aromatic rings. The molecule has 0 aliphatic rings. The van der Waals surface area contributed by atoms with Crippen LogP contribution in [0.1, 0.15) is 38.7 Å². The van der Waals surface area contributed by atoms with Crippen molar-refractivity contribution in [1.29, 1.82) is 0 Å². The predicted octanol–water partition coefficient (Wildman–Crippen LogP) is 3.86. The lowest BCUT2D eigenvalue weighted by molar-refractivity contribution is -0.00625. The Balaban J connectivity index is 2.59. The van der Waals surface area contributed by atoms with Gasteiger partial charge in [0.25, 0.3) is 0 Å². The minimum absolute atomic E-state index is 0.103. The fraction of sp³-hybridized carbons (Fsp3) is 0.647. The van der Waals surface area contributed by atoms with Gasteiger partial charge < -0.3 is 14.8 Å². The Labute approximate surface area is 134 Å². The monoisotopic (exact) mass is 313 g/mol. The highest BCUT2D eigenvalue weighted by atomic mass is 35.5. The zero-order chi connectivity index (χ0) is 15.7. The van der Waals surface area contributed by atoms with Crippen molar-refractivity contribution in [2.24, 2.45) is 0 Å². The molecule has 3 nitrogen and oxygen atoms in total. The van der Waals surface area contributed by atoms with Gasteiger partial charge in [0.2, 0.25) is 0 Å². The van der Waals surface area contributed by atoms with Crippen molar-refractivity contribution in [2.45, 2.75) is 38.7 Å². The maximum atomic E-state index is 6.33. The molecule has 0 saturated carbocycles. The molecule has 0 aromatic heterocycles. The number of hydrogen-bond acceptors (Lipinski definition) is 3. The molecule has 1 rings (SSSR count). The van der Waals surface area contributed by atoms with E-state index in [0.717, 1.165) is 31.1 Å². The zero-order valence-corrected chi connectivity index (χ0v) is 14.4. The standard InChI is InChI=1S/C17H28ClNO2/c1-17(2,3)21-11-9-14(13-19-10-12-20-4)15-7-5-6-8-16(15)18/h5-8,14,19H,9-13H2,1-4H3. The van der Waals surface area contributed by atoms with E-state index >= 15 is 0 Å². The summed E-state index contributed by atoms with van der Waals surface area (Å²) in [7, 11) is 1.71. The largest absolute Gasteiger partial charge is 0.383 e. The lowest BCUT2D eigenvalue weighted by atomic mass is 9.95. The average Bonchev–Trinajstić information content (AvgIpc) is 2.41. The minimum atomic E-state index is -0.103. The molecule has 1 unspecified atom stereocenters. The van der Waals surface area contributed by atoms with Crippen molar-refractivity contribution in [2.75, 3.05) is 33.4 Å². The Bertz CT molecular complexity index is 404. The van der Waals surface area contributed by atoms with Crippen LogP contribution in [0, 0.1) is 0 Å². The highest BCUT2D eigenvalue weighted by Crippen LogP contribution is 2.27. The van der Waals surface area contributed by atoms with E-state index in [1.54, 1.807) is 7.11 Å². The van der Waals surface area contributed by atoms with Crippen LogP contribution in [-0.4, -0.2) is 39.0 Å². The number of ether oxygens (including phenoxy) is 2. The van der Waals surface area contributed by atoms with Crippen LogP contribution in [0.4, 0.5) is 0 Å². The molecular weight excluding hydrogens is 286 g/mol. The number of benzene rings is 1. The molecular formula is C17H28ClNO2. The lowest BCUT2D eigenvalue weighted by Gasteiger charge is -2.23. The summed E-state index contributed by atoms with van der Waals surface area (Å²) in [4.78, 5) is 0. The normalized spacial score (nSPS) is 13.4. The van der Waals surface area contributed by atoms with E-state index in [4.69, 9.17) is 21.1 Å². The molecule has 0 bridgehead atoms. The summed E-state index contributed by atoms with van der Waals surface area (Å²) in [6.07, 6.45) is 0.945. The molecule has 0 amide bonds. The molecule has 1 N–H and O–H groups in total. The Kier molecular flexibility index (Phi) is 8.27. The number of rotatable bonds is 9. The van der Waals surface area contributed by atoms with Crippen molar-refractivity contribution in [1.82, 2.24) is 5.32 Å². The average molecular weight is 314 g/mol. The fourth-order valence-electron chi connectivity index (χ4n) is 2.13. The quantitative estimate of drug-likeness (QED) is 0.702. The maximum Gasteiger partial charge on any atom is 0.0598 e. The van der Waals surface area contributed by atoms with Gasteiger partial charge in [0, 0.05) is 31.8 Å². The third-order valence-electron chi connectivity index (χ3n) is 3.22. The smallest absolute Gasteiger partial charge is 0.0598 e. The molecule has 0 radical (unpaired) electrons. The molecule has 0 aliphatic heterocycles. The van der Waals surface area contributed by atoms with Crippen LogP contribution in [0.25, 0.3) is 0 Å². The second-order valence-electron chi connectivity index (χ2n) is 6.16. The lowest BCUT2D eigenvalue weighted by Crippen LogP contribution is -2.27. The van der Waals surface area contributed by atoms with E-state index in [0.29, 0.717) is 12.5 Å². The summed E-state index contributed by atoms with van der Waals surface area (Å²) in [5.74, 6) is 0.345. The van der Waals surface area contributed by atoms with E-state index in [1.807, 2.05) is 18.2 Å². The Morgan fingerprint density at radius 1 is 1.19 bits per heavy atom. The zero-order valence-electron chi connectivity index (χ0n) is 13.6. The number of halogens is 1. The summed E-state index contributed by atoms with van der Waals surface area (Å²) in [6.45, 7) is 9.40. The topological polar surface area (TPSA) is 30.5 Å². The van der Waals surface area contributed by atoms with Gasteiger partial charge in [-0.25, -0.2) is 0 Å². The first-order chi connectivity index (χ1) is 9.94. The summed E-state index contributed by atoms with van der Waals surface area (Å²) < 4.78 is 10.9. The molecule has 0 heterocycles. The van der Waals surface area contributed by atoms with E-state index in [2.05, 4.69) is 32.2 Å². The first-order valence-electron chi connectivity index (χ1n) is 7.52. The molecule has 120 valence electrons. The van der Waals surface area contributed by atoms with E-state index < -0.39 is 0 Å². The number of methoxy groups -OCH3 is 1. The van der Waals surface area contributed by atoms with E-state index in [9.17, 15) is 0 Å². The van der Waals surface area contributed by atoms with Gasteiger partial charge in [-0.2, -0.15) is 0 Å². The third kappa shape index (κ3) is 7.82. The molecule has 0 aliphatic carbocycles. The summed E-state index contributed by atoms with van der Waals surface area (Å²) in [6, 6.07) is 8.05.